The highest BCUT2D eigenvalue weighted by atomic mass is 16.4. The second-order valence-electron chi connectivity index (χ2n) is 2.90. The minimum absolute atomic E-state index is 0.372. The number of likely N-dealkylation sites (N-methyl/N-ethyl adjacent to an activating group) is 1. The molecular weight excluding hydrogens is 194 g/mol. The molecule has 0 fully saturated rings. The van der Waals surface area contributed by atoms with Gasteiger partial charge < -0.3 is 10.0 Å². The molecular formula is C11H11NO3. The lowest BCUT2D eigenvalue weighted by Gasteiger charge is -2.14. The molecule has 0 aliphatic heterocycles. The maximum absolute atomic E-state index is 11.4. The molecule has 0 atom stereocenters. The fourth-order valence-corrected chi connectivity index (χ4v) is 1.03. The molecule has 0 saturated carbocycles. The van der Waals surface area contributed by atoms with Crippen molar-refractivity contribution in [1.29, 1.82) is 0 Å². The molecule has 0 aliphatic carbocycles. The molecule has 1 rings (SSSR count). The van der Waals surface area contributed by atoms with Crippen LogP contribution in [0.3, 0.4) is 0 Å². The van der Waals surface area contributed by atoms with E-state index in [9.17, 15) is 9.59 Å². The number of amides is 1. The van der Waals surface area contributed by atoms with Crippen molar-refractivity contribution in [2.45, 2.75) is 0 Å². The number of carboxylic acids is 1. The van der Waals surface area contributed by atoms with E-state index in [0.717, 1.165) is 17.8 Å². The average molecular weight is 205 g/mol. The number of hydrogen-bond acceptors (Lipinski definition) is 2. The highest BCUT2D eigenvalue weighted by Crippen LogP contribution is 2.10. The maximum atomic E-state index is 11.4. The van der Waals surface area contributed by atoms with Gasteiger partial charge in [-0.25, -0.2) is 4.79 Å². The van der Waals surface area contributed by atoms with E-state index < -0.39 is 5.97 Å². The van der Waals surface area contributed by atoms with Crippen LogP contribution in [0.15, 0.2) is 42.5 Å². The Kier molecular flexibility index (Phi) is 3.62. The lowest BCUT2D eigenvalue weighted by Crippen LogP contribution is -2.24. The smallest absolute Gasteiger partial charge is 0.328 e. The van der Waals surface area contributed by atoms with Crippen LogP contribution in [0.5, 0.6) is 0 Å². The summed E-state index contributed by atoms with van der Waals surface area (Å²) in [7, 11) is 1.59. The molecule has 0 saturated heterocycles. The molecule has 0 radical (unpaired) electrons. The van der Waals surface area contributed by atoms with Crippen LogP contribution >= 0.6 is 0 Å². The zero-order chi connectivity index (χ0) is 11.3. The van der Waals surface area contributed by atoms with Gasteiger partial charge in [0.25, 0.3) is 5.91 Å². The van der Waals surface area contributed by atoms with E-state index in [1.165, 1.54) is 4.90 Å². The summed E-state index contributed by atoms with van der Waals surface area (Å²) in [4.78, 5) is 23.0. The quantitative estimate of drug-likeness (QED) is 0.756. The van der Waals surface area contributed by atoms with Crippen LogP contribution < -0.4 is 4.90 Å². The Labute approximate surface area is 87.4 Å². The molecule has 0 heterocycles. The van der Waals surface area contributed by atoms with Crippen LogP contribution in [-0.4, -0.2) is 24.0 Å². The van der Waals surface area contributed by atoms with Crippen molar-refractivity contribution in [2.75, 3.05) is 11.9 Å². The van der Waals surface area contributed by atoms with Gasteiger partial charge in [0.15, 0.2) is 0 Å². The second kappa shape index (κ2) is 4.95. The molecule has 4 nitrogen and oxygen atoms in total. The zero-order valence-electron chi connectivity index (χ0n) is 8.25. The van der Waals surface area contributed by atoms with Gasteiger partial charge in [-0.1, -0.05) is 18.2 Å². The van der Waals surface area contributed by atoms with Gasteiger partial charge in [0, 0.05) is 24.9 Å². The van der Waals surface area contributed by atoms with Crippen LogP contribution in [0.25, 0.3) is 0 Å². The Morgan fingerprint density at radius 3 is 2.33 bits per heavy atom. The first-order chi connectivity index (χ1) is 7.11. The number of para-hydroxylation sites is 1. The zero-order valence-corrected chi connectivity index (χ0v) is 8.25. The fourth-order valence-electron chi connectivity index (χ4n) is 1.03. The van der Waals surface area contributed by atoms with Crippen molar-refractivity contribution < 1.29 is 14.7 Å². The number of rotatable bonds is 3. The number of aliphatic carboxylic acids is 1. The lowest BCUT2D eigenvalue weighted by molar-refractivity contribution is -0.131. The third-order valence-corrected chi connectivity index (χ3v) is 1.84. The summed E-state index contributed by atoms with van der Waals surface area (Å²) in [5.41, 5.74) is 0.720. The van der Waals surface area contributed by atoms with Gasteiger partial charge in [-0.3, -0.25) is 4.79 Å². The van der Waals surface area contributed by atoms with E-state index in [1.807, 2.05) is 6.07 Å². The Hall–Kier alpha value is -2.10. The predicted molar refractivity (Wildman–Crippen MR) is 56.6 cm³/mol. The lowest BCUT2D eigenvalue weighted by atomic mass is 10.3. The predicted octanol–water partition coefficient (Wildman–Crippen LogP) is 1.29. The molecule has 1 N–H and O–H groups in total. The third kappa shape index (κ3) is 3.27. The minimum atomic E-state index is -1.13. The van der Waals surface area contributed by atoms with E-state index in [2.05, 4.69) is 0 Å². The van der Waals surface area contributed by atoms with Crippen LogP contribution in [0, 0.1) is 0 Å². The summed E-state index contributed by atoms with van der Waals surface area (Å²) in [5.74, 6) is -1.51. The van der Waals surface area contributed by atoms with Gasteiger partial charge >= 0.3 is 5.97 Å². The molecule has 15 heavy (non-hydrogen) atoms. The van der Waals surface area contributed by atoms with E-state index >= 15 is 0 Å². The Bertz CT molecular complexity index is 384. The van der Waals surface area contributed by atoms with E-state index in [4.69, 9.17) is 5.11 Å². The van der Waals surface area contributed by atoms with Gasteiger partial charge in [0.2, 0.25) is 0 Å². The standard InChI is InChI=1S/C11H11NO3/c1-12(9-5-3-2-4-6-9)10(13)7-8-11(14)15/h2-8H,1H3,(H,14,15). The average Bonchev–Trinajstić information content (AvgIpc) is 2.26. The summed E-state index contributed by atoms with van der Waals surface area (Å²) in [6, 6.07) is 8.99. The van der Waals surface area contributed by atoms with E-state index in [-0.39, 0.29) is 5.91 Å². The number of carboxylic acid groups (broad SMARTS) is 1. The van der Waals surface area contributed by atoms with Crippen molar-refractivity contribution in [3.8, 4) is 0 Å². The van der Waals surface area contributed by atoms with Crippen LogP contribution in [-0.2, 0) is 9.59 Å². The molecule has 78 valence electrons. The highest BCUT2D eigenvalue weighted by Gasteiger charge is 2.06. The molecule has 1 aromatic rings. The number of hydrogen-bond donors (Lipinski definition) is 1. The first-order valence-electron chi connectivity index (χ1n) is 4.35. The van der Waals surface area contributed by atoms with Crippen molar-refractivity contribution in [3.05, 3.63) is 42.5 Å². The van der Waals surface area contributed by atoms with Crippen LogP contribution in [0.4, 0.5) is 5.69 Å². The molecule has 4 heteroatoms. The monoisotopic (exact) mass is 205 g/mol. The summed E-state index contributed by atoms with van der Waals surface area (Å²) in [6.45, 7) is 0. The van der Waals surface area contributed by atoms with Crippen molar-refractivity contribution in [3.63, 3.8) is 0 Å². The van der Waals surface area contributed by atoms with Crippen molar-refractivity contribution in [2.24, 2.45) is 0 Å². The van der Waals surface area contributed by atoms with E-state index in [1.54, 1.807) is 31.3 Å². The summed E-state index contributed by atoms with van der Waals surface area (Å²) < 4.78 is 0. The molecule has 1 amide bonds. The Morgan fingerprint density at radius 1 is 1.20 bits per heavy atom. The van der Waals surface area contributed by atoms with Crippen LogP contribution in [0.2, 0.25) is 0 Å². The van der Waals surface area contributed by atoms with Gasteiger partial charge in [-0.2, -0.15) is 0 Å². The SMILES string of the molecule is CN(C(=O)C=CC(=O)O)c1ccccc1. The van der Waals surface area contributed by atoms with E-state index in [0.29, 0.717) is 0 Å². The molecule has 0 aromatic heterocycles. The van der Waals surface area contributed by atoms with Gasteiger partial charge in [0.1, 0.15) is 0 Å². The first kappa shape index (κ1) is 11.0. The van der Waals surface area contributed by atoms with Crippen molar-refractivity contribution in [1.82, 2.24) is 0 Å². The van der Waals surface area contributed by atoms with Gasteiger partial charge in [-0.15, -0.1) is 0 Å². The Balaban J connectivity index is 2.74. The molecule has 0 unspecified atom stereocenters. The largest absolute Gasteiger partial charge is 0.478 e. The molecule has 0 aliphatic rings. The second-order valence-corrected chi connectivity index (χ2v) is 2.90. The number of carbonyl (C=O) groups excluding carboxylic acids is 1. The summed E-state index contributed by atoms with van der Waals surface area (Å²) >= 11 is 0. The molecule has 0 bridgehead atoms. The number of benzene rings is 1. The maximum Gasteiger partial charge on any atom is 0.328 e. The summed E-state index contributed by atoms with van der Waals surface area (Å²) in [6.07, 6.45) is 1.84. The highest BCUT2D eigenvalue weighted by molar-refractivity contribution is 6.03. The fraction of sp³-hybridized carbons (Fsp3) is 0.0909. The van der Waals surface area contributed by atoms with Gasteiger partial charge in [-0.05, 0) is 12.1 Å². The third-order valence-electron chi connectivity index (χ3n) is 1.84. The minimum Gasteiger partial charge on any atom is -0.478 e. The Morgan fingerprint density at radius 2 is 1.80 bits per heavy atom. The van der Waals surface area contributed by atoms with Crippen molar-refractivity contribution >= 4 is 17.6 Å². The molecule has 0 spiro atoms. The number of carbonyl (C=O) groups is 2. The normalized spacial score (nSPS) is 10.2. The number of anilines is 1. The van der Waals surface area contributed by atoms with Crippen LogP contribution in [0.1, 0.15) is 0 Å². The first-order valence-corrected chi connectivity index (χ1v) is 4.35. The number of nitrogens with zero attached hydrogens (tertiary/aromatic N) is 1. The van der Waals surface area contributed by atoms with Gasteiger partial charge in [0.05, 0.1) is 0 Å². The molecule has 1 aromatic carbocycles. The topological polar surface area (TPSA) is 57.6 Å². The summed E-state index contributed by atoms with van der Waals surface area (Å²) in [5, 5.41) is 8.36.